The summed E-state index contributed by atoms with van der Waals surface area (Å²) in [4.78, 5) is 9.15. The van der Waals surface area contributed by atoms with Crippen LogP contribution in [0.2, 0.25) is 0 Å². The van der Waals surface area contributed by atoms with Gasteiger partial charge in [-0.05, 0) is 59.6 Å². The number of imidazole rings is 1. The van der Waals surface area contributed by atoms with Gasteiger partial charge in [-0.3, -0.25) is 4.57 Å². The Morgan fingerprint density at radius 2 is 1.95 bits per heavy atom. The molecule has 0 aliphatic rings. The van der Waals surface area contributed by atoms with Crippen LogP contribution < -0.4 is 0 Å². The molecule has 1 aromatic carbocycles. The fourth-order valence-corrected chi connectivity index (χ4v) is 3.27. The van der Waals surface area contributed by atoms with Crippen molar-refractivity contribution in [3.8, 4) is 5.69 Å². The normalized spacial score (nSPS) is 12.8. The minimum atomic E-state index is -0.207. The lowest BCUT2D eigenvalue weighted by atomic mass is 10.2. The number of aryl methyl sites for hydroxylation is 1. The van der Waals surface area contributed by atoms with Crippen LogP contribution in [0.25, 0.3) is 16.9 Å². The van der Waals surface area contributed by atoms with Crippen molar-refractivity contribution in [2.75, 3.05) is 0 Å². The van der Waals surface area contributed by atoms with Gasteiger partial charge in [0.05, 0.1) is 11.1 Å². The minimum Gasteiger partial charge on any atom is -0.279 e. The number of benzene rings is 1. The lowest BCUT2D eigenvalue weighted by Crippen LogP contribution is -2.04. The van der Waals surface area contributed by atoms with E-state index in [-0.39, 0.29) is 5.38 Å². The van der Waals surface area contributed by atoms with Gasteiger partial charge in [0.2, 0.25) is 0 Å². The van der Waals surface area contributed by atoms with Crippen LogP contribution >= 0.6 is 43.5 Å². The maximum absolute atomic E-state index is 6.32. The molecule has 0 aliphatic heterocycles. The standard InChI is InChI=1S/C15H12Br2ClN3/c1-8-5-10(16)3-4-13(8)21-14(9(2)18)20-12-6-11(17)7-19-15(12)21/h3-7,9H,1-2H3. The zero-order valence-corrected chi connectivity index (χ0v) is 15.4. The van der Waals surface area contributed by atoms with Gasteiger partial charge in [0.25, 0.3) is 0 Å². The molecule has 0 saturated heterocycles. The number of alkyl halides is 1. The van der Waals surface area contributed by atoms with Crippen molar-refractivity contribution in [3.05, 3.63) is 50.8 Å². The van der Waals surface area contributed by atoms with Crippen molar-refractivity contribution < 1.29 is 0 Å². The Hall–Kier alpha value is -0.910. The molecule has 21 heavy (non-hydrogen) atoms. The maximum atomic E-state index is 6.32. The molecule has 3 rings (SSSR count). The molecule has 6 heteroatoms. The number of fused-ring (bicyclic) bond motifs is 1. The van der Waals surface area contributed by atoms with E-state index < -0.39 is 0 Å². The highest BCUT2D eigenvalue weighted by Gasteiger charge is 2.18. The van der Waals surface area contributed by atoms with Crippen molar-refractivity contribution in [1.82, 2.24) is 14.5 Å². The summed E-state index contributed by atoms with van der Waals surface area (Å²) in [7, 11) is 0. The van der Waals surface area contributed by atoms with Crippen molar-refractivity contribution in [1.29, 1.82) is 0 Å². The number of hydrogen-bond donors (Lipinski definition) is 0. The first-order valence-corrected chi connectivity index (χ1v) is 8.44. The van der Waals surface area contributed by atoms with Gasteiger partial charge in [-0.15, -0.1) is 11.6 Å². The first-order chi connectivity index (χ1) is 9.97. The zero-order chi connectivity index (χ0) is 15.1. The van der Waals surface area contributed by atoms with Gasteiger partial charge < -0.3 is 0 Å². The molecule has 2 heterocycles. The second-order valence-corrected chi connectivity index (χ2v) is 7.33. The van der Waals surface area contributed by atoms with Gasteiger partial charge in [0.1, 0.15) is 11.3 Å². The molecule has 108 valence electrons. The van der Waals surface area contributed by atoms with Crippen molar-refractivity contribution >= 4 is 54.6 Å². The lowest BCUT2D eigenvalue weighted by Gasteiger charge is -2.13. The first kappa shape index (κ1) is 15.0. The van der Waals surface area contributed by atoms with E-state index in [4.69, 9.17) is 11.6 Å². The Kier molecular flexibility index (Phi) is 4.08. The van der Waals surface area contributed by atoms with Gasteiger partial charge in [-0.2, -0.15) is 0 Å². The second kappa shape index (κ2) is 5.71. The third-order valence-electron chi connectivity index (χ3n) is 3.25. The molecular weight excluding hydrogens is 417 g/mol. The molecule has 0 spiro atoms. The highest BCUT2D eigenvalue weighted by atomic mass is 79.9. The highest BCUT2D eigenvalue weighted by molar-refractivity contribution is 9.10. The van der Waals surface area contributed by atoms with Gasteiger partial charge in [-0.25, -0.2) is 9.97 Å². The third kappa shape index (κ3) is 2.74. The van der Waals surface area contributed by atoms with Crippen LogP contribution in [0.3, 0.4) is 0 Å². The lowest BCUT2D eigenvalue weighted by molar-refractivity contribution is 0.872. The predicted molar refractivity (Wildman–Crippen MR) is 93.3 cm³/mol. The molecule has 0 saturated carbocycles. The van der Waals surface area contributed by atoms with Crippen molar-refractivity contribution in [2.24, 2.45) is 0 Å². The number of hydrogen-bond acceptors (Lipinski definition) is 2. The molecule has 0 bridgehead atoms. The van der Waals surface area contributed by atoms with E-state index in [9.17, 15) is 0 Å². The van der Waals surface area contributed by atoms with Crippen LogP contribution in [-0.4, -0.2) is 14.5 Å². The highest BCUT2D eigenvalue weighted by Crippen LogP contribution is 2.30. The summed E-state index contributed by atoms with van der Waals surface area (Å²) >= 11 is 13.2. The van der Waals surface area contributed by atoms with Gasteiger partial charge in [-0.1, -0.05) is 15.9 Å². The molecule has 1 atom stereocenters. The van der Waals surface area contributed by atoms with E-state index in [0.29, 0.717) is 0 Å². The molecule has 0 fully saturated rings. The minimum absolute atomic E-state index is 0.207. The average Bonchev–Trinajstić information content (AvgIpc) is 2.77. The Morgan fingerprint density at radius 3 is 2.62 bits per heavy atom. The van der Waals surface area contributed by atoms with Gasteiger partial charge in [0.15, 0.2) is 5.65 Å². The van der Waals surface area contributed by atoms with Crippen LogP contribution in [0.15, 0.2) is 39.4 Å². The molecule has 2 aromatic heterocycles. The van der Waals surface area contributed by atoms with E-state index in [2.05, 4.69) is 54.8 Å². The molecule has 0 amide bonds. The van der Waals surface area contributed by atoms with Crippen LogP contribution in [-0.2, 0) is 0 Å². The Morgan fingerprint density at radius 1 is 1.19 bits per heavy atom. The number of nitrogens with zero attached hydrogens (tertiary/aromatic N) is 3. The Labute approximate surface area is 144 Å². The molecule has 1 unspecified atom stereocenters. The molecule has 0 N–H and O–H groups in total. The van der Waals surface area contributed by atoms with Gasteiger partial charge in [0, 0.05) is 15.1 Å². The zero-order valence-electron chi connectivity index (χ0n) is 11.4. The third-order valence-corrected chi connectivity index (χ3v) is 4.37. The van der Waals surface area contributed by atoms with E-state index in [1.54, 1.807) is 6.20 Å². The molecule has 3 aromatic rings. The summed E-state index contributed by atoms with van der Waals surface area (Å²) in [6.07, 6.45) is 1.78. The largest absolute Gasteiger partial charge is 0.279 e. The smallest absolute Gasteiger partial charge is 0.164 e. The van der Waals surface area contributed by atoms with Crippen molar-refractivity contribution in [2.45, 2.75) is 19.2 Å². The summed E-state index contributed by atoms with van der Waals surface area (Å²) < 4.78 is 3.98. The van der Waals surface area contributed by atoms with Crippen LogP contribution in [0.1, 0.15) is 23.7 Å². The maximum Gasteiger partial charge on any atom is 0.164 e. The Bertz CT molecular complexity index is 827. The van der Waals surface area contributed by atoms with E-state index >= 15 is 0 Å². The van der Waals surface area contributed by atoms with E-state index in [1.807, 2.05) is 29.7 Å². The van der Waals surface area contributed by atoms with Crippen LogP contribution in [0, 0.1) is 6.92 Å². The monoisotopic (exact) mass is 427 g/mol. The van der Waals surface area contributed by atoms with Crippen LogP contribution in [0.5, 0.6) is 0 Å². The van der Waals surface area contributed by atoms with Crippen molar-refractivity contribution in [3.63, 3.8) is 0 Å². The fraction of sp³-hybridized carbons (Fsp3) is 0.200. The summed E-state index contributed by atoms with van der Waals surface area (Å²) in [6, 6.07) is 8.08. The molecular formula is C15H12Br2ClN3. The topological polar surface area (TPSA) is 30.7 Å². The predicted octanol–water partition coefficient (Wildman–Crippen LogP) is 5.55. The van der Waals surface area contributed by atoms with E-state index in [0.717, 1.165) is 37.2 Å². The van der Waals surface area contributed by atoms with Gasteiger partial charge >= 0.3 is 0 Å². The first-order valence-electron chi connectivity index (χ1n) is 6.42. The SMILES string of the molecule is Cc1cc(Br)ccc1-n1c(C(C)Cl)nc2cc(Br)cnc21. The average molecular weight is 430 g/mol. The number of halogens is 3. The quantitative estimate of drug-likeness (QED) is 0.500. The molecule has 0 radical (unpaired) electrons. The summed E-state index contributed by atoms with van der Waals surface area (Å²) in [6.45, 7) is 3.98. The number of rotatable bonds is 2. The number of pyridine rings is 1. The second-order valence-electron chi connectivity index (χ2n) is 4.85. The summed E-state index contributed by atoms with van der Waals surface area (Å²) in [5.74, 6) is 0.794. The molecule has 0 aliphatic carbocycles. The summed E-state index contributed by atoms with van der Waals surface area (Å²) in [5, 5.41) is -0.207. The Balaban J connectivity index is 2.36. The van der Waals surface area contributed by atoms with Crippen LogP contribution in [0.4, 0.5) is 0 Å². The summed E-state index contributed by atoms with van der Waals surface area (Å²) in [5.41, 5.74) is 3.81. The number of aromatic nitrogens is 3. The molecule has 3 nitrogen and oxygen atoms in total. The fourth-order valence-electron chi connectivity index (χ4n) is 2.33. The van der Waals surface area contributed by atoms with E-state index in [1.165, 1.54) is 0 Å².